The van der Waals surface area contributed by atoms with E-state index in [-0.39, 0.29) is 6.10 Å². The minimum Gasteiger partial charge on any atom is -0.474 e. The van der Waals surface area contributed by atoms with Gasteiger partial charge in [0.05, 0.1) is 48.9 Å². The van der Waals surface area contributed by atoms with Gasteiger partial charge in [0.1, 0.15) is 17.7 Å². The van der Waals surface area contributed by atoms with Crippen LogP contribution in [0.3, 0.4) is 0 Å². The Labute approximate surface area is 237 Å². The molecule has 5 aromatic heterocycles. The summed E-state index contributed by atoms with van der Waals surface area (Å²) in [6.07, 6.45) is 13.5. The van der Waals surface area contributed by atoms with E-state index in [0.717, 1.165) is 72.6 Å². The predicted molar refractivity (Wildman–Crippen MR) is 151 cm³/mol. The standard InChI is InChI=1S/C28H33N11O2/c1-19-30-16-22(36(19)2)17-39-27(33-34-35-39)20-13-24-25(31-15-20)14-26(37-9-11-40-12-10-37)32-28(24)41-23-5-3-21(4-6-23)38-8-7-29-18-38/h7-8,13-16,18,21,23H,3-6,9-12,17H2,1-2H3/t21-,23+. The van der Waals surface area contributed by atoms with Crippen molar-refractivity contribution in [2.45, 2.75) is 51.3 Å². The first kappa shape index (κ1) is 25.6. The summed E-state index contributed by atoms with van der Waals surface area (Å²) in [5.41, 5.74) is 2.64. The Kier molecular flexibility index (Phi) is 6.79. The number of hydrogen-bond acceptors (Lipinski definition) is 10. The van der Waals surface area contributed by atoms with Crippen LogP contribution in [0.4, 0.5) is 5.82 Å². The summed E-state index contributed by atoms with van der Waals surface area (Å²) < 4.78 is 18.3. The van der Waals surface area contributed by atoms with E-state index in [0.29, 0.717) is 37.5 Å². The molecule has 212 valence electrons. The zero-order valence-corrected chi connectivity index (χ0v) is 23.3. The molecule has 0 atom stereocenters. The molecule has 2 aliphatic rings. The third-order valence-electron chi connectivity index (χ3n) is 8.25. The third kappa shape index (κ3) is 5.12. The highest BCUT2D eigenvalue weighted by molar-refractivity contribution is 5.88. The van der Waals surface area contributed by atoms with Crippen molar-refractivity contribution in [2.75, 3.05) is 31.2 Å². The maximum Gasteiger partial charge on any atom is 0.225 e. The molecule has 7 rings (SSSR count). The van der Waals surface area contributed by atoms with Gasteiger partial charge in [-0.05, 0) is 49.1 Å². The number of rotatable bonds is 7. The number of fused-ring (bicyclic) bond motifs is 1. The zero-order chi connectivity index (χ0) is 27.8. The highest BCUT2D eigenvalue weighted by atomic mass is 16.5. The van der Waals surface area contributed by atoms with Crippen LogP contribution in [0, 0.1) is 6.92 Å². The van der Waals surface area contributed by atoms with Crippen molar-refractivity contribution in [2.24, 2.45) is 7.05 Å². The predicted octanol–water partition coefficient (Wildman–Crippen LogP) is 2.97. The molecule has 13 nitrogen and oxygen atoms in total. The van der Waals surface area contributed by atoms with Crippen molar-refractivity contribution in [3.8, 4) is 17.3 Å². The number of aryl methyl sites for hydroxylation is 1. The molecule has 2 fully saturated rings. The van der Waals surface area contributed by atoms with Gasteiger partial charge in [-0.3, -0.25) is 4.98 Å². The number of morpholine rings is 1. The molecule has 13 heteroatoms. The van der Waals surface area contributed by atoms with E-state index in [9.17, 15) is 0 Å². The lowest BCUT2D eigenvalue weighted by Gasteiger charge is -2.31. The Morgan fingerprint density at radius 3 is 2.66 bits per heavy atom. The lowest BCUT2D eigenvalue weighted by Crippen LogP contribution is -2.36. The third-order valence-corrected chi connectivity index (χ3v) is 8.25. The van der Waals surface area contributed by atoms with E-state index >= 15 is 0 Å². The zero-order valence-electron chi connectivity index (χ0n) is 23.3. The molecule has 6 heterocycles. The monoisotopic (exact) mass is 555 g/mol. The summed E-state index contributed by atoms with van der Waals surface area (Å²) in [5, 5.41) is 13.4. The maximum atomic E-state index is 6.68. The first-order valence-electron chi connectivity index (χ1n) is 14.1. The van der Waals surface area contributed by atoms with Crippen molar-refractivity contribution in [3.05, 3.63) is 54.8 Å². The van der Waals surface area contributed by atoms with Gasteiger partial charge in [-0.25, -0.2) is 14.6 Å². The van der Waals surface area contributed by atoms with Crippen LogP contribution in [0.5, 0.6) is 5.88 Å². The Balaban J connectivity index is 1.21. The van der Waals surface area contributed by atoms with E-state index in [1.165, 1.54) is 0 Å². The SMILES string of the molecule is Cc1ncc(Cn2nnnc2-c2cnc3cc(N4CCOCC4)nc(O[C@H]4CC[C@@H](n5ccnc5)CC4)c3c2)n1C. The molecule has 5 aromatic rings. The molecule has 0 N–H and O–H groups in total. The fourth-order valence-corrected chi connectivity index (χ4v) is 5.72. The second kappa shape index (κ2) is 10.9. The lowest BCUT2D eigenvalue weighted by molar-refractivity contribution is 0.121. The molecule has 1 aliphatic heterocycles. The average molecular weight is 556 g/mol. The summed E-state index contributed by atoms with van der Waals surface area (Å²) in [6, 6.07) is 4.54. The summed E-state index contributed by atoms with van der Waals surface area (Å²) in [6.45, 7) is 5.40. The van der Waals surface area contributed by atoms with Gasteiger partial charge >= 0.3 is 0 Å². The van der Waals surface area contributed by atoms with E-state index in [2.05, 4.69) is 35.0 Å². The van der Waals surface area contributed by atoms with Crippen LogP contribution in [-0.2, 0) is 18.3 Å². The fourth-order valence-electron chi connectivity index (χ4n) is 5.72. The van der Waals surface area contributed by atoms with E-state index in [4.69, 9.17) is 19.4 Å². The van der Waals surface area contributed by atoms with Crippen LogP contribution in [0.1, 0.15) is 43.2 Å². The number of imidazole rings is 2. The Hall–Kier alpha value is -4.39. The fraction of sp³-hybridized carbons (Fsp3) is 0.464. The van der Waals surface area contributed by atoms with E-state index < -0.39 is 0 Å². The smallest absolute Gasteiger partial charge is 0.225 e. The summed E-state index contributed by atoms with van der Waals surface area (Å²) >= 11 is 0. The second-order valence-corrected chi connectivity index (χ2v) is 10.7. The molecule has 1 saturated heterocycles. The van der Waals surface area contributed by atoms with Crippen LogP contribution in [0.15, 0.2) is 43.2 Å². The highest BCUT2D eigenvalue weighted by Crippen LogP contribution is 2.35. The first-order chi connectivity index (χ1) is 20.1. The molecule has 1 saturated carbocycles. The highest BCUT2D eigenvalue weighted by Gasteiger charge is 2.26. The number of pyridine rings is 2. The molecule has 0 unspecified atom stereocenters. The number of hydrogen-bond donors (Lipinski definition) is 0. The summed E-state index contributed by atoms with van der Waals surface area (Å²) in [5.74, 6) is 3.03. The van der Waals surface area contributed by atoms with Gasteiger partial charge in [0.2, 0.25) is 5.88 Å². The molecule has 0 bridgehead atoms. The van der Waals surface area contributed by atoms with Crippen molar-refractivity contribution < 1.29 is 9.47 Å². The first-order valence-corrected chi connectivity index (χ1v) is 14.1. The topological polar surface area (TPSA) is 127 Å². The van der Waals surface area contributed by atoms with Crippen LogP contribution < -0.4 is 9.64 Å². The van der Waals surface area contributed by atoms with E-state index in [1.54, 1.807) is 4.68 Å². The van der Waals surface area contributed by atoms with Gasteiger partial charge in [0.15, 0.2) is 5.82 Å². The number of ether oxygens (including phenoxy) is 2. The molecule has 41 heavy (non-hydrogen) atoms. The van der Waals surface area contributed by atoms with Gasteiger partial charge < -0.3 is 23.5 Å². The van der Waals surface area contributed by atoms with Crippen molar-refractivity contribution in [1.82, 2.24) is 49.3 Å². The molecule has 0 aromatic carbocycles. The quantitative estimate of drug-likeness (QED) is 0.296. The second-order valence-electron chi connectivity index (χ2n) is 10.7. The van der Waals surface area contributed by atoms with Gasteiger partial charge in [0, 0.05) is 56.4 Å². The van der Waals surface area contributed by atoms with Gasteiger partial charge in [-0.15, -0.1) is 5.10 Å². The van der Waals surface area contributed by atoms with Crippen molar-refractivity contribution in [1.29, 1.82) is 0 Å². The van der Waals surface area contributed by atoms with Crippen LogP contribution in [0.25, 0.3) is 22.3 Å². The molecule has 0 amide bonds. The van der Waals surface area contributed by atoms with Crippen LogP contribution in [0.2, 0.25) is 0 Å². The van der Waals surface area contributed by atoms with Crippen LogP contribution >= 0.6 is 0 Å². The summed E-state index contributed by atoms with van der Waals surface area (Å²) in [7, 11) is 1.99. The number of anilines is 1. The normalized spacial score (nSPS) is 19.6. The molecular weight excluding hydrogens is 522 g/mol. The Morgan fingerprint density at radius 2 is 1.90 bits per heavy atom. The molecular formula is C28H33N11O2. The Bertz CT molecular complexity index is 1630. The van der Waals surface area contributed by atoms with Gasteiger partial charge in [0.25, 0.3) is 0 Å². The molecule has 1 aliphatic carbocycles. The van der Waals surface area contributed by atoms with Crippen LogP contribution in [-0.4, -0.2) is 81.7 Å². The largest absolute Gasteiger partial charge is 0.474 e. The number of tetrazole rings is 1. The lowest BCUT2D eigenvalue weighted by atomic mass is 9.93. The minimum absolute atomic E-state index is 0.0764. The molecule has 0 spiro atoms. The average Bonchev–Trinajstić information content (AvgIpc) is 3.78. The van der Waals surface area contributed by atoms with E-state index in [1.807, 2.05) is 61.8 Å². The maximum absolute atomic E-state index is 6.68. The number of nitrogens with zero attached hydrogens (tertiary/aromatic N) is 11. The number of aromatic nitrogens is 10. The van der Waals surface area contributed by atoms with Crippen molar-refractivity contribution in [3.63, 3.8) is 0 Å². The minimum atomic E-state index is 0.0764. The van der Waals surface area contributed by atoms with Crippen molar-refractivity contribution >= 4 is 16.7 Å². The van der Waals surface area contributed by atoms with Gasteiger partial charge in [-0.2, -0.15) is 4.98 Å². The molecule has 0 radical (unpaired) electrons. The Morgan fingerprint density at radius 1 is 1.05 bits per heavy atom. The van der Waals surface area contributed by atoms with Gasteiger partial charge in [-0.1, -0.05) is 0 Å². The summed E-state index contributed by atoms with van der Waals surface area (Å²) in [4.78, 5) is 20.7.